The third-order valence-corrected chi connectivity index (χ3v) is 1.65. The Morgan fingerprint density at radius 3 is 2.18 bits per heavy atom. The lowest BCUT2D eigenvalue weighted by atomic mass is 10.0. The normalized spacial score (nSPS) is 14.5. The highest BCUT2D eigenvalue weighted by Gasteiger charge is 2.06. The van der Waals surface area contributed by atoms with Crippen LogP contribution in [0.25, 0.3) is 0 Å². The monoisotopic (exact) mass is 159 g/mol. The van der Waals surface area contributed by atoms with Gasteiger partial charge in [-0.2, -0.15) is 0 Å². The Morgan fingerprint density at radius 2 is 1.82 bits per heavy atom. The predicted molar refractivity (Wildman–Crippen MR) is 48.6 cm³/mol. The predicted octanol–water partition coefficient (Wildman–Crippen LogP) is 1.35. The van der Waals surface area contributed by atoms with Crippen LogP contribution < -0.4 is 0 Å². The first-order valence-corrected chi connectivity index (χ1v) is 4.35. The second-order valence-electron chi connectivity index (χ2n) is 3.88. The molecule has 0 spiro atoms. The fourth-order valence-electron chi connectivity index (χ4n) is 1.07. The number of aliphatic hydroxyl groups excluding tert-OH is 1. The summed E-state index contributed by atoms with van der Waals surface area (Å²) in [6.07, 6.45) is 1.70. The first-order valence-electron chi connectivity index (χ1n) is 4.35. The molecule has 0 fully saturated rings. The van der Waals surface area contributed by atoms with Gasteiger partial charge in [-0.3, -0.25) is 0 Å². The lowest BCUT2D eigenvalue weighted by Gasteiger charge is -2.15. The Morgan fingerprint density at radius 1 is 1.27 bits per heavy atom. The molecule has 0 aliphatic heterocycles. The van der Waals surface area contributed by atoms with Crippen LogP contribution in [0.2, 0.25) is 0 Å². The maximum atomic E-state index is 9.44. The van der Waals surface area contributed by atoms with Crippen molar-refractivity contribution in [1.29, 1.82) is 0 Å². The number of aliphatic hydroxyl groups is 1. The molecule has 11 heavy (non-hydrogen) atoms. The molecule has 2 nitrogen and oxygen atoms in total. The van der Waals surface area contributed by atoms with Crippen LogP contribution in [0.1, 0.15) is 26.7 Å². The minimum Gasteiger partial charge on any atom is -0.393 e. The lowest BCUT2D eigenvalue weighted by molar-refractivity contribution is 0.129. The van der Waals surface area contributed by atoms with Crippen molar-refractivity contribution >= 4 is 0 Å². The van der Waals surface area contributed by atoms with Crippen LogP contribution in [-0.4, -0.2) is 36.8 Å². The molecule has 0 amide bonds. The van der Waals surface area contributed by atoms with E-state index >= 15 is 0 Å². The third-order valence-electron chi connectivity index (χ3n) is 1.65. The number of rotatable bonds is 5. The Labute approximate surface area is 70.2 Å². The van der Waals surface area contributed by atoms with E-state index in [1.165, 1.54) is 0 Å². The maximum absolute atomic E-state index is 9.44. The molecule has 0 saturated heterocycles. The average Bonchev–Trinajstić information content (AvgIpc) is 1.82. The van der Waals surface area contributed by atoms with E-state index in [0.717, 1.165) is 19.4 Å². The van der Waals surface area contributed by atoms with Crippen LogP contribution in [0.15, 0.2) is 0 Å². The smallest absolute Gasteiger partial charge is 0.0554 e. The van der Waals surface area contributed by atoms with Gasteiger partial charge in [0.2, 0.25) is 0 Å². The Balaban J connectivity index is 3.29. The highest BCUT2D eigenvalue weighted by molar-refractivity contribution is 4.59. The van der Waals surface area contributed by atoms with E-state index in [1.54, 1.807) is 0 Å². The summed E-state index contributed by atoms with van der Waals surface area (Å²) in [6, 6.07) is 0. The standard InChI is InChI=1S/C9H21NO/c1-8(2)7-9(11)5-6-10(3)4/h8-9,11H,5-7H2,1-4H3. The van der Waals surface area contributed by atoms with Crippen molar-refractivity contribution in [2.24, 2.45) is 5.92 Å². The highest BCUT2D eigenvalue weighted by Crippen LogP contribution is 2.07. The molecular formula is C9H21NO. The van der Waals surface area contributed by atoms with Crippen molar-refractivity contribution in [2.45, 2.75) is 32.8 Å². The zero-order valence-corrected chi connectivity index (χ0v) is 8.17. The summed E-state index contributed by atoms with van der Waals surface area (Å²) in [4.78, 5) is 2.10. The molecule has 2 heteroatoms. The fourth-order valence-corrected chi connectivity index (χ4v) is 1.07. The van der Waals surface area contributed by atoms with Gasteiger partial charge >= 0.3 is 0 Å². The van der Waals surface area contributed by atoms with Gasteiger partial charge in [-0.1, -0.05) is 13.8 Å². The Hall–Kier alpha value is -0.0800. The van der Waals surface area contributed by atoms with Crippen molar-refractivity contribution in [2.75, 3.05) is 20.6 Å². The SMILES string of the molecule is CC(C)CC(O)CCN(C)C. The third kappa shape index (κ3) is 7.82. The fraction of sp³-hybridized carbons (Fsp3) is 1.00. The van der Waals surface area contributed by atoms with E-state index in [2.05, 4.69) is 18.7 Å². The maximum Gasteiger partial charge on any atom is 0.0554 e. The van der Waals surface area contributed by atoms with Gasteiger partial charge in [-0.15, -0.1) is 0 Å². The molecule has 1 atom stereocenters. The summed E-state index contributed by atoms with van der Waals surface area (Å²) in [5.74, 6) is 0.604. The lowest BCUT2D eigenvalue weighted by Crippen LogP contribution is -2.20. The Kier molecular flexibility index (Phi) is 5.51. The molecule has 0 rings (SSSR count). The van der Waals surface area contributed by atoms with Gasteiger partial charge in [0, 0.05) is 0 Å². The topological polar surface area (TPSA) is 23.5 Å². The average molecular weight is 159 g/mol. The van der Waals surface area contributed by atoms with E-state index in [9.17, 15) is 5.11 Å². The van der Waals surface area contributed by atoms with Gasteiger partial charge < -0.3 is 10.0 Å². The first-order chi connectivity index (χ1) is 5.02. The molecule has 0 aliphatic rings. The molecule has 0 saturated carbocycles. The molecule has 0 heterocycles. The highest BCUT2D eigenvalue weighted by atomic mass is 16.3. The molecule has 0 aromatic heterocycles. The van der Waals surface area contributed by atoms with Crippen LogP contribution in [0.4, 0.5) is 0 Å². The summed E-state index contributed by atoms with van der Waals surface area (Å²) in [5, 5.41) is 9.44. The molecule has 0 radical (unpaired) electrons. The van der Waals surface area contributed by atoms with Crippen LogP contribution in [-0.2, 0) is 0 Å². The number of hydrogen-bond acceptors (Lipinski definition) is 2. The molecule has 0 aromatic rings. The van der Waals surface area contributed by atoms with Crippen molar-refractivity contribution in [1.82, 2.24) is 4.90 Å². The van der Waals surface area contributed by atoms with E-state index in [-0.39, 0.29) is 6.10 Å². The quantitative estimate of drug-likeness (QED) is 0.654. The van der Waals surface area contributed by atoms with E-state index < -0.39 is 0 Å². The van der Waals surface area contributed by atoms with Crippen molar-refractivity contribution in [3.63, 3.8) is 0 Å². The van der Waals surface area contributed by atoms with Crippen LogP contribution in [0.3, 0.4) is 0 Å². The molecule has 1 N–H and O–H groups in total. The van der Waals surface area contributed by atoms with Gasteiger partial charge in [0.15, 0.2) is 0 Å². The number of nitrogens with zero attached hydrogens (tertiary/aromatic N) is 1. The van der Waals surface area contributed by atoms with E-state index in [4.69, 9.17) is 0 Å². The summed E-state index contributed by atoms with van der Waals surface area (Å²) in [5.41, 5.74) is 0. The molecule has 68 valence electrons. The van der Waals surface area contributed by atoms with Crippen LogP contribution in [0.5, 0.6) is 0 Å². The largest absolute Gasteiger partial charge is 0.393 e. The minimum absolute atomic E-state index is 0.114. The molecule has 0 aromatic carbocycles. The van der Waals surface area contributed by atoms with Crippen molar-refractivity contribution in [3.05, 3.63) is 0 Å². The van der Waals surface area contributed by atoms with E-state index in [1.807, 2.05) is 14.1 Å². The summed E-state index contributed by atoms with van der Waals surface area (Å²) >= 11 is 0. The summed E-state index contributed by atoms with van der Waals surface area (Å²) in [6.45, 7) is 5.26. The Bertz CT molecular complexity index is 91.6. The second-order valence-corrected chi connectivity index (χ2v) is 3.88. The van der Waals surface area contributed by atoms with Crippen molar-refractivity contribution < 1.29 is 5.11 Å². The zero-order chi connectivity index (χ0) is 8.85. The van der Waals surface area contributed by atoms with Crippen LogP contribution >= 0.6 is 0 Å². The van der Waals surface area contributed by atoms with Gasteiger partial charge in [0.05, 0.1) is 6.10 Å². The second kappa shape index (κ2) is 5.56. The van der Waals surface area contributed by atoms with Gasteiger partial charge in [0.25, 0.3) is 0 Å². The minimum atomic E-state index is -0.114. The summed E-state index contributed by atoms with van der Waals surface area (Å²) in [7, 11) is 4.06. The van der Waals surface area contributed by atoms with Gasteiger partial charge in [-0.25, -0.2) is 0 Å². The molecule has 1 unspecified atom stereocenters. The van der Waals surface area contributed by atoms with Crippen molar-refractivity contribution in [3.8, 4) is 0 Å². The summed E-state index contributed by atoms with van der Waals surface area (Å²) < 4.78 is 0. The van der Waals surface area contributed by atoms with E-state index in [0.29, 0.717) is 5.92 Å². The number of hydrogen-bond donors (Lipinski definition) is 1. The zero-order valence-electron chi connectivity index (χ0n) is 8.17. The molecular weight excluding hydrogens is 138 g/mol. The molecule has 0 bridgehead atoms. The first kappa shape index (κ1) is 10.9. The van der Waals surface area contributed by atoms with Crippen LogP contribution in [0, 0.1) is 5.92 Å². The van der Waals surface area contributed by atoms with Gasteiger partial charge in [0.1, 0.15) is 0 Å². The van der Waals surface area contributed by atoms with Gasteiger partial charge in [-0.05, 0) is 39.4 Å². The molecule has 0 aliphatic carbocycles.